The third kappa shape index (κ3) is 4.23. The maximum absolute atomic E-state index is 13.7. The molecule has 0 spiro atoms. The van der Waals surface area contributed by atoms with Crippen molar-refractivity contribution in [1.82, 2.24) is 10.2 Å². The van der Waals surface area contributed by atoms with Gasteiger partial charge in [-0.15, -0.1) is 0 Å². The quantitative estimate of drug-likeness (QED) is 0.633. The fourth-order valence-corrected chi connectivity index (χ4v) is 1.71. The first-order valence-corrected chi connectivity index (χ1v) is 6.40. The Morgan fingerprint density at radius 3 is 2.57 bits per heavy atom. The predicted octanol–water partition coefficient (Wildman–Crippen LogP) is 1.33. The molecule has 1 aromatic rings. The molecule has 0 unspecified atom stereocenters. The highest BCUT2D eigenvalue weighted by molar-refractivity contribution is 5.97. The number of likely N-dealkylation sites (N-methyl/N-ethyl adjacent to an activating group) is 2. The van der Waals surface area contributed by atoms with Gasteiger partial charge in [0, 0.05) is 25.2 Å². The SMILES string of the molecule is CCNC(=O)CN(CC)C(=O)c1cc([N+](=O)[O-])ccc1F. The van der Waals surface area contributed by atoms with Gasteiger partial charge in [-0.25, -0.2) is 4.39 Å². The molecule has 0 aliphatic rings. The number of halogens is 1. The number of nitrogens with zero attached hydrogens (tertiary/aromatic N) is 2. The molecule has 1 rings (SSSR count). The van der Waals surface area contributed by atoms with E-state index in [2.05, 4.69) is 5.32 Å². The van der Waals surface area contributed by atoms with Crippen LogP contribution in [0.2, 0.25) is 0 Å². The van der Waals surface area contributed by atoms with Gasteiger partial charge in [0.1, 0.15) is 5.82 Å². The third-order valence-corrected chi connectivity index (χ3v) is 2.77. The second kappa shape index (κ2) is 7.32. The zero-order chi connectivity index (χ0) is 16.0. The molecular weight excluding hydrogens is 281 g/mol. The number of rotatable bonds is 6. The maximum Gasteiger partial charge on any atom is 0.270 e. The van der Waals surface area contributed by atoms with E-state index in [4.69, 9.17) is 0 Å². The summed E-state index contributed by atoms with van der Waals surface area (Å²) in [6, 6.07) is 2.72. The largest absolute Gasteiger partial charge is 0.355 e. The van der Waals surface area contributed by atoms with Crippen molar-refractivity contribution >= 4 is 17.5 Å². The van der Waals surface area contributed by atoms with Gasteiger partial charge in [0.15, 0.2) is 0 Å². The first-order valence-electron chi connectivity index (χ1n) is 6.40. The summed E-state index contributed by atoms with van der Waals surface area (Å²) < 4.78 is 13.7. The van der Waals surface area contributed by atoms with Gasteiger partial charge in [-0.1, -0.05) is 0 Å². The summed E-state index contributed by atoms with van der Waals surface area (Å²) in [7, 11) is 0. The lowest BCUT2D eigenvalue weighted by Gasteiger charge is -2.20. The van der Waals surface area contributed by atoms with Gasteiger partial charge in [-0.3, -0.25) is 19.7 Å². The highest BCUT2D eigenvalue weighted by Gasteiger charge is 2.22. The molecule has 8 heteroatoms. The number of carbonyl (C=O) groups is 2. The Morgan fingerprint density at radius 1 is 1.38 bits per heavy atom. The lowest BCUT2D eigenvalue weighted by molar-refractivity contribution is -0.384. The number of nitrogens with one attached hydrogen (secondary N) is 1. The number of hydrogen-bond acceptors (Lipinski definition) is 4. The van der Waals surface area contributed by atoms with E-state index in [0.29, 0.717) is 6.54 Å². The second-order valence-corrected chi connectivity index (χ2v) is 4.19. The van der Waals surface area contributed by atoms with Crippen LogP contribution in [0.4, 0.5) is 10.1 Å². The average Bonchev–Trinajstić information content (AvgIpc) is 2.44. The van der Waals surface area contributed by atoms with Crippen molar-refractivity contribution in [2.75, 3.05) is 19.6 Å². The minimum Gasteiger partial charge on any atom is -0.355 e. The molecule has 0 aliphatic heterocycles. The van der Waals surface area contributed by atoms with Crippen LogP contribution >= 0.6 is 0 Å². The minimum atomic E-state index is -0.861. The highest BCUT2D eigenvalue weighted by atomic mass is 19.1. The van der Waals surface area contributed by atoms with Crippen molar-refractivity contribution in [2.45, 2.75) is 13.8 Å². The Balaban J connectivity index is 3.02. The Hall–Kier alpha value is -2.51. The van der Waals surface area contributed by atoms with Crippen LogP contribution in [-0.2, 0) is 4.79 Å². The molecule has 21 heavy (non-hydrogen) atoms. The Morgan fingerprint density at radius 2 is 2.05 bits per heavy atom. The van der Waals surface area contributed by atoms with E-state index in [1.807, 2.05) is 0 Å². The Labute approximate surface area is 120 Å². The van der Waals surface area contributed by atoms with Crippen molar-refractivity contribution in [1.29, 1.82) is 0 Å². The molecule has 0 heterocycles. The summed E-state index contributed by atoms with van der Waals surface area (Å²) in [4.78, 5) is 34.8. The van der Waals surface area contributed by atoms with Gasteiger partial charge < -0.3 is 10.2 Å². The van der Waals surface area contributed by atoms with Crippen LogP contribution in [0, 0.1) is 15.9 Å². The molecule has 2 amide bonds. The molecule has 0 bridgehead atoms. The van der Waals surface area contributed by atoms with Crippen LogP contribution in [0.1, 0.15) is 24.2 Å². The smallest absolute Gasteiger partial charge is 0.270 e. The van der Waals surface area contributed by atoms with Crippen LogP contribution in [0.3, 0.4) is 0 Å². The Bertz CT molecular complexity index is 562. The molecule has 7 nitrogen and oxygen atoms in total. The number of non-ortho nitro benzene ring substituents is 1. The van der Waals surface area contributed by atoms with Gasteiger partial charge in [0.2, 0.25) is 5.91 Å². The van der Waals surface area contributed by atoms with Crippen molar-refractivity contribution in [3.8, 4) is 0 Å². The first kappa shape index (κ1) is 16.5. The minimum absolute atomic E-state index is 0.179. The van der Waals surface area contributed by atoms with Gasteiger partial charge >= 0.3 is 0 Å². The summed E-state index contributed by atoms with van der Waals surface area (Å²) in [5.74, 6) is -2.00. The lowest BCUT2D eigenvalue weighted by atomic mass is 10.1. The van der Waals surface area contributed by atoms with E-state index in [9.17, 15) is 24.1 Å². The van der Waals surface area contributed by atoms with Crippen molar-refractivity contribution in [2.24, 2.45) is 0 Å². The zero-order valence-electron chi connectivity index (χ0n) is 11.8. The number of benzene rings is 1. The molecule has 0 radical (unpaired) electrons. The fraction of sp³-hybridized carbons (Fsp3) is 0.385. The number of amides is 2. The van der Waals surface area contributed by atoms with Gasteiger partial charge in [0.25, 0.3) is 11.6 Å². The van der Waals surface area contributed by atoms with Gasteiger partial charge in [0.05, 0.1) is 17.0 Å². The van der Waals surface area contributed by atoms with Gasteiger partial charge in [-0.05, 0) is 19.9 Å². The fourth-order valence-electron chi connectivity index (χ4n) is 1.71. The monoisotopic (exact) mass is 297 g/mol. The maximum atomic E-state index is 13.7. The molecule has 1 aromatic carbocycles. The van der Waals surface area contributed by atoms with Crippen LogP contribution in [-0.4, -0.2) is 41.3 Å². The van der Waals surface area contributed by atoms with Crippen molar-refractivity contribution < 1.29 is 18.9 Å². The number of carbonyl (C=O) groups excluding carboxylic acids is 2. The highest BCUT2D eigenvalue weighted by Crippen LogP contribution is 2.18. The third-order valence-electron chi connectivity index (χ3n) is 2.77. The van der Waals surface area contributed by atoms with Crippen molar-refractivity contribution in [3.63, 3.8) is 0 Å². The van der Waals surface area contributed by atoms with E-state index in [1.54, 1.807) is 13.8 Å². The standard InChI is InChI=1S/C13H16FN3O4/c1-3-15-12(18)8-16(4-2)13(19)10-7-9(17(20)21)5-6-11(10)14/h5-7H,3-4,8H2,1-2H3,(H,15,18). The number of nitro benzene ring substituents is 1. The van der Waals surface area contributed by atoms with E-state index in [0.717, 1.165) is 23.1 Å². The molecule has 0 atom stereocenters. The van der Waals surface area contributed by atoms with Crippen LogP contribution < -0.4 is 5.32 Å². The summed E-state index contributed by atoms with van der Waals surface area (Å²) in [5, 5.41) is 13.2. The average molecular weight is 297 g/mol. The van der Waals surface area contributed by atoms with E-state index in [1.165, 1.54) is 0 Å². The molecule has 0 aromatic heterocycles. The summed E-state index contributed by atoms with van der Waals surface area (Å²) in [5.41, 5.74) is -0.802. The predicted molar refractivity (Wildman–Crippen MR) is 73.3 cm³/mol. The van der Waals surface area contributed by atoms with Crippen LogP contribution in [0.25, 0.3) is 0 Å². The Kier molecular flexibility index (Phi) is 5.77. The molecule has 1 N–H and O–H groups in total. The molecule has 0 fully saturated rings. The lowest BCUT2D eigenvalue weighted by Crippen LogP contribution is -2.40. The van der Waals surface area contributed by atoms with Crippen LogP contribution in [0.15, 0.2) is 18.2 Å². The summed E-state index contributed by atoms with van der Waals surface area (Å²) in [6.45, 7) is 3.72. The number of nitro groups is 1. The molecule has 0 saturated carbocycles. The molecular formula is C13H16FN3O4. The second-order valence-electron chi connectivity index (χ2n) is 4.19. The molecule has 114 valence electrons. The summed E-state index contributed by atoms with van der Waals surface area (Å²) in [6.07, 6.45) is 0. The number of hydrogen-bond donors (Lipinski definition) is 1. The van der Waals surface area contributed by atoms with Crippen molar-refractivity contribution in [3.05, 3.63) is 39.7 Å². The normalized spacial score (nSPS) is 10.0. The van der Waals surface area contributed by atoms with E-state index >= 15 is 0 Å². The molecule has 0 saturated heterocycles. The molecule has 0 aliphatic carbocycles. The first-order chi connectivity index (χ1) is 9.90. The summed E-state index contributed by atoms with van der Waals surface area (Å²) >= 11 is 0. The zero-order valence-corrected chi connectivity index (χ0v) is 11.8. The van der Waals surface area contributed by atoms with E-state index in [-0.39, 0.29) is 24.7 Å². The van der Waals surface area contributed by atoms with Gasteiger partial charge in [-0.2, -0.15) is 0 Å². The topological polar surface area (TPSA) is 92.6 Å². The van der Waals surface area contributed by atoms with Crippen LogP contribution in [0.5, 0.6) is 0 Å². The van der Waals surface area contributed by atoms with E-state index < -0.39 is 22.2 Å².